The SMILES string of the molecule is CC(=O)NCC(=O)N1CC[C@H](c2cc(Nc3ccc(C)cc3)cc(C)n2)C1. The first kappa shape index (κ1) is 18.9. The number of aromatic nitrogens is 1. The number of anilines is 2. The van der Waals surface area contributed by atoms with E-state index >= 15 is 0 Å². The van der Waals surface area contributed by atoms with Gasteiger partial charge in [-0.15, -0.1) is 0 Å². The maximum atomic E-state index is 12.2. The molecule has 0 bridgehead atoms. The van der Waals surface area contributed by atoms with Crippen LogP contribution in [-0.4, -0.2) is 41.3 Å². The first-order valence-corrected chi connectivity index (χ1v) is 9.25. The average molecular weight is 366 g/mol. The van der Waals surface area contributed by atoms with Crippen molar-refractivity contribution < 1.29 is 9.59 Å². The molecule has 0 radical (unpaired) electrons. The highest BCUT2D eigenvalue weighted by Crippen LogP contribution is 2.29. The molecule has 142 valence electrons. The quantitative estimate of drug-likeness (QED) is 0.853. The average Bonchev–Trinajstić information content (AvgIpc) is 3.11. The van der Waals surface area contributed by atoms with Gasteiger partial charge in [0.2, 0.25) is 11.8 Å². The van der Waals surface area contributed by atoms with Gasteiger partial charge in [-0.05, 0) is 44.5 Å². The molecule has 0 saturated carbocycles. The maximum Gasteiger partial charge on any atom is 0.241 e. The van der Waals surface area contributed by atoms with E-state index in [4.69, 9.17) is 4.98 Å². The molecule has 0 spiro atoms. The van der Waals surface area contributed by atoms with Crippen LogP contribution in [0.5, 0.6) is 0 Å². The molecule has 1 aliphatic heterocycles. The van der Waals surface area contributed by atoms with Crippen molar-refractivity contribution in [1.82, 2.24) is 15.2 Å². The molecule has 1 aliphatic rings. The van der Waals surface area contributed by atoms with Crippen molar-refractivity contribution in [3.05, 3.63) is 53.3 Å². The van der Waals surface area contributed by atoms with Gasteiger partial charge in [0, 0.05) is 48.7 Å². The van der Waals surface area contributed by atoms with Gasteiger partial charge in [-0.25, -0.2) is 0 Å². The molecule has 1 aromatic carbocycles. The lowest BCUT2D eigenvalue weighted by Gasteiger charge is -2.17. The number of nitrogens with zero attached hydrogens (tertiary/aromatic N) is 2. The van der Waals surface area contributed by atoms with Crippen LogP contribution in [-0.2, 0) is 9.59 Å². The van der Waals surface area contributed by atoms with E-state index in [9.17, 15) is 9.59 Å². The minimum atomic E-state index is -0.189. The molecule has 0 unspecified atom stereocenters. The van der Waals surface area contributed by atoms with E-state index < -0.39 is 0 Å². The van der Waals surface area contributed by atoms with Crippen LogP contribution in [0.4, 0.5) is 11.4 Å². The standard InChI is InChI=1S/C21H26N4O2/c1-14-4-6-18(7-5-14)24-19-10-15(2)23-20(11-19)17-8-9-25(13-17)21(27)12-22-16(3)26/h4-7,10-11,17H,8-9,12-13H2,1-3H3,(H,22,26)(H,23,24)/t17-/m0/s1. The summed E-state index contributed by atoms with van der Waals surface area (Å²) in [7, 11) is 0. The number of nitrogens with one attached hydrogen (secondary N) is 2. The van der Waals surface area contributed by atoms with E-state index in [1.807, 2.05) is 13.0 Å². The highest BCUT2D eigenvalue weighted by Gasteiger charge is 2.28. The molecule has 6 nitrogen and oxygen atoms in total. The lowest BCUT2D eigenvalue weighted by atomic mass is 10.0. The third-order valence-electron chi connectivity index (χ3n) is 4.76. The third kappa shape index (κ3) is 5.06. The number of carbonyl (C=O) groups excluding carboxylic acids is 2. The van der Waals surface area contributed by atoms with E-state index in [-0.39, 0.29) is 24.3 Å². The van der Waals surface area contributed by atoms with Gasteiger partial charge < -0.3 is 15.5 Å². The van der Waals surface area contributed by atoms with Gasteiger partial charge in [0.15, 0.2) is 0 Å². The van der Waals surface area contributed by atoms with Crippen LogP contribution in [0.2, 0.25) is 0 Å². The van der Waals surface area contributed by atoms with Crippen molar-refractivity contribution in [3.8, 4) is 0 Å². The summed E-state index contributed by atoms with van der Waals surface area (Å²) >= 11 is 0. The summed E-state index contributed by atoms with van der Waals surface area (Å²) in [5, 5.41) is 6.01. The highest BCUT2D eigenvalue weighted by molar-refractivity contribution is 5.83. The lowest BCUT2D eigenvalue weighted by Crippen LogP contribution is -2.38. The van der Waals surface area contributed by atoms with E-state index in [0.29, 0.717) is 13.1 Å². The number of pyridine rings is 1. The summed E-state index contributed by atoms with van der Waals surface area (Å²) in [4.78, 5) is 29.7. The second-order valence-electron chi connectivity index (χ2n) is 7.15. The molecule has 2 N–H and O–H groups in total. The number of benzene rings is 1. The number of hydrogen-bond donors (Lipinski definition) is 2. The Morgan fingerprint density at radius 1 is 1.15 bits per heavy atom. The van der Waals surface area contributed by atoms with Crippen LogP contribution < -0.4 is 10.6 Å². The van der Waals surface area contributed by atoms with Crippen molar-refractivity contribution in [2.75, 3.05) is 25.0 Å². The Bertz CT molecular complexity index is 833. The number of rotatable bonds is 5. The Kier molecular flexibility index (Phi) is 5.74. The van der Waals surface area contributed by atoms with Gasteiger partial charge in [-0.3, -0.25) is 14.6 Å². The molecule has 2 aromatic rings. The maximum absolute atomic E-state index is 12.2. The van der Waals surface area contributed by atoms with Crippen LogP contribution in [0.15, 0.2) is 36.4 Å². The molecular formula is C21H26N4O2. The van der Waals surface area contributed by atoms with Gasteiger partial charge in [-0.2, -0.15) is 0 Å². The van der Waals surface area contributed by atoms with Gasteiger partial charge in [0.05, 0.1) is 6.54 Å². The molecular weight excluding hydrogens is 340 g/mol. The van der Waals surface area contributed by atoms with E-state index in [2.05, 4.69) is 47.9 Å². The topological polar surface area (TPSA) is 74.3 Å². The minimum absolute atomic E-state index is 0.0432. The molecule has 1 aromatic heterocycles. The van der Waals surface area contributed by atoms with Crippen molar-refractivity contribution in [2.24, 2.45) is 0 Å². The molecule has 1 saturated heterocycles. The van der Waals surface area contributed by atoms with Gasteiger partial charge in [0.1, 0.15) is 0 Å². The van der Waals surface area contributed by atoms with E-state index in [1.165, 1.54) is 12.5 Å². The Morgan fingerprint density at radius 2 is 1.89 bits per heavy atom. The third-order valence-corrected chi connectivity index (χ3v) is 4.76. The van der Waals surface area contributed by atoms with Crippen LogP contribution >= 0.6 is 0 Å². The number of amides is 2. The Morgan fingerprint density at radius 3 is 2.59 bits per heavy atom. The molecule has 0 aliphatic carbocycles. The fourth-order valence-electron chi connectivity index (χ4n) is 3.32. The summed E-state index contributed by atoms with van der Waals surface area (Å²) in [5.74, 6) is -0.0191. The Labute approximate surface area is 160 Å². The second-order valence-corrected chi connectivity index (χ2v) is 7.15. The van der Waals surface area contributed by atoms with Gasteiger partial charge in [0.25, 0.3) is 0 Å². The van der Waals surface area contributed by atoms with Crippen molar-refractivity contribution >= 4 is 23.2 Å². The van der Waals surface area contributed by atoms with Crippen LogP contribution in [0.1, 0.15) is 36.2 Å². The van der Waals surface area contributed by atoms with E-state index in [1.54, 1.807) is 4.90 Å². The van der Waals surface area contributed by atoms with Crippen molar-refractivity contribution in [2.45, 2.75) is 33.1 Å². The first-order chi connectivity index (χ1) is 12.9. The number of carbonyl (C=O) groups is 2. The van der Waals surface area contributed by atoms with Crippen LogP contribution in [0.3, 0.4) is 0 Å². The number of likely N-dealkylation sites (tertiary alicyclic amines) is 1. The zero-order chi connectivity index (χ0) is 19.4. The van der Waals surface area contributed by atoms with Crippen LogP contribution in [0.25, 0.3) is 0 Å². The Hall–Kier alpha value is -2.89. The predicted molar refractivity (Wildman–Crippen MR) is 106 cm³/mol. The highest BCUT2D eigenvalue weighted by atomic mass is 16.2. The molecule has 6 heteroatoms. The molecule has 1 fully saturated rings. The smallest absolute Gasteiger partial charge is 0.241 e. The molecule has 27 heavy (non-hydrogen) atoms. The summed E-state index contributed by atoms with van der Waals surface area (Å²) in [6.07, 6.45) is 0.881. The fourth-order valence-corrected chi connectivity index (χ4v) is 3.32. The lowest BCUT2D eigenvalue weighted by molar-refractivity contribution is -0.131. The van der Waals surface area contributed by atoms with Crippen molar-refractivity contribution in [3.63, 3.8) is 0 Å². The largest absolute Gasteiger partial charge is 0.355 e. The zero-order valence-corrected chi connectivity index (χ0v) is 16.1. The molecule has 2 amide bonds. The normalized spacial score (nSPS) is 16.3. The van der Waals surface area contributed by atoms with Gasteiger partial charge >= 0.3 is 0 Å². The summed E-state index contributed by atoms with van der Waals surface area (Å²) in [6.45, 7) is 6.86. The van der Waals surface area contributed by atoms with Gasteiger partial charge in [-0.1, -0.05) is 17.7 Å². The summed E-state index contributed by atoms with van der Waals surface area (Å²) in [5.41, 5.74) is 5.21. The van der Waals surface area contributed by atoms with Crippen LogP contribution in [0, 0.1) is 13.8 Å². The second kappa shape index (κ2) is 8.20. The molecule has 2 heterocycles. The van der Waals surface area contributed by atoms with E-state index in [0.717, 1.165) is 29.2 Å². The monoisotopic (exact) mass is 366 g/mol. The zero-order valence-electron chi connectivity index (χ0n) is 16.1. The molecule has 3 rings (SSSR count). The predicted octanol–water partition coefficient (Wildman–Crippen LogP) is 2.89. The summed E-state index contributed by atoms with van der Waals surface area (Å²) in [6, 6.07) is 12.4. The summed E-state index contributed by atoms with van der Waals surface area (Å²) < 4.78 is 0. The van der Waals surface area contributed by atoms with Crippen molar-refractivity contribution in [1.29, 1.82) is 0 Å². The Balaban J connectivity index is 1.68. The first-order valence-electron chi connectivity index (χ1n) is 9.25. The fraction of sp³-hybridized carbons (Fsp3) is 0.381. The number of aryl methyl sites for hydroxylation is 2. The number of hydrogen-bond acceptors (Lipinski definition) is 4. The molecule has 1 atom stereocenters. The minimum Gasteiger partial charge on any atom is -0.355 e.